The number of benzene rings is 1. The van der Waals surface area contributed by atoms with E-state index in [4.69, 9.17) is 9.84 Å². The summed E-state index contributed by atoms with van der Waals surface area (Å²) in [4.78, 5) is 10.7. The summed E-state index contributed by atoms with van der Waals surface area (Å²) in [5.41, 5.74) is 0.991. The molecule has 0 aromatic heterocycles. The molecule has 0 amide bonds. The molecule has 0 atom stereocenters. The van der Waals surface area contributed by atoms with Gasteiger partial charge in [0.1, 0.15) is 5.75 Å². The molecule has 70 valence electrons. The minimum absolute atomic E-state index is 0.218. The maximum absolute atomic E-state index is 10.7. The molecule has 14 heavy (non-hydrogen) atoms. The standard InChI is InChI=1S/C11H8O3/c12-11(13)9-5-6-14-10-4-2-1-3-8(10)7-9/h1-7H,(H,12,13). The predicted molar refractivity (Wildman–Crippen MR) is 51.8 cm³/mol. The van der Waals surface area contributed by atoms with Gasteiger partial charge in [-0.2, -0.15) is 0 Å². The van der Waals surface area contributed by atoms with Crippen LogP contribution in [-0.2, 0) is 4.79 Å². The first-order chi connectivity index (χ1) is 6.77. The lowest BCUT2D eigenvalue weighted by Crippen LogP contribution is -1.96. The van der Waals surface area contributed by atoms with Gasteiger partial charge in [-0.1, -0.05) is 18.2 Å². The molecular weight excluding hydrogens is 180 g/mol. The highest BCUT2D eigenvalue weighted by molar-refractivity contribution is 5.95. The zero-order valence-corrected chi connectivity index (χ0v) is 7.31. The van der Waals surface area contributed by atoms with Gasteiger partial charge in [-0.05, 0) is 18.2 Å². The molecule has 1 N–H and O–H groups in total. The van der Waals surface area contributed by atoms with Crippen LogP contribution in [0.5, 0.6) is 5.75 Å². The highest BCUT2D eigenvalue weighted by Gasteiger charge is 2.09. The van der Waals surface area contributed by atoms with E-state index in [0.717, 1.165) is 5.56 Å². The minimum atomic E-state index is -0.957. The third-order valence-electron chi connectivity index (χ3n) is 1.92. The molecule has 0 unspecified atom stereocenters. The largest absolute Gasteiger partial charge is 0.478 e. The number of rotatable bonds is 1. The normalized spacial score (nSPS) is 13.6. The summed E-state index contributed by atoms with van der Waals surface area (Å²) in [5.74, 6) is -0.290. The summed E-state index contributed by atoms with van der Waals surface area (Å²) in [6.45, 7) is 0. The molecule has 0 spiro atoms. The number of fused-ring (bicyclic) bond motifs is 1. The van der Waals surface area contributed by atoms with Crippen LogP contribution in [0.1, 0.15) is 5.56 Å². The Morgan fingerprint density at radius 3 is 2.86 bits per heavy atom. The molecule has 2 rings (SSSR count). The van der Waals surface area contributed by atoms with Crippen LogP contribution in [0.3, 0.4) is 0 Å². The van der Waals surface area contributed by atoms with E-state index in [9.17, 15) is 4.79 Å². The van der Waals surface area contributed by atoms with Crippen LogP contribution in [-0.4, -0.2) is 11.1 Å². The van der Waals surface area contributed by atoms with E-state index in [-0.39, 0.29) is 5.57 Å². The highest BCUT2D eigenvalue weighted by Crippen LogP contribution is 2.23. The summed E-state index contributed by atoms with van der Waals surface area (Å²) < 4.78 is 5.23. The predicted octanol–water partition coefficient (Wildman–Crippen LogP) is 2.06. The van der Waals surface area contributed by atoms with Crippen molar-refractivity contribution in [2.45, 2.75) is 0 Å². The molecule has 0 saturated heterocycles. The Balaban J connectivity index is 2.51. The maximum Gasteiger partial charge on any atom is 0.335 e. The van der Waals surface area contributed by atoms with Crippen molar-refractivity contribution in [3.8, 4) is 5.75 Å². The van der Waals surface area contributed by atoms with Crippen molar-refractivity contribution in [2.75, 3.05) is 0 Å². The Bertz CT molecular complexity index is 430. The molecular formula is C11H8O3. The first-order valence-corrected chi connectivity index (χ1v) is 4.14. The van der Waals surface area contributed by atoms with E-state index in [2.05, 4.69) is 0 Å². The topological polar surface area (TPSA) is 46.5 Å². The molecule has 0 radical (unpaired) electrons. The van der Waals surface area contributed by atoms with Gasteiger partial charge >= 0.3 is 5.97 Å². The van der Waals surface area contributed by atoms with E-state index >= 15 is 0 Å². The Hall–Kier alpha value is -2.03. The maximum atomic E-state index is 10.7. The van der Waals surface area contributed by atoms with Crippen molar-refractivity contribution in [2.24, 2.45) is 0 Å². The number of hydrogen-bond acceptors (Lipinski definition) is 2. The van der Waals surface area contributed by atoms with Gasteiger partial charge in [-0.25, -0.2) is 4.79 Å². The Morgan fingerprint density at radius 2 is 2.07 bits per heavy atom. The van der Waals surface area contributed by atoms with Crippen LogP contribution in [0.25, 0.3) is 6.08 Å². The summed E-state index contributed by atoms with van der Waals surface area (Å²) in [5, 5.41) is 8.81. The zero-order chi connectivity index (χ0) is 9.97. The van der Waals surface area contributed by atoms with Gasteiger partial charge in [0.05, 0.1) is 11.8 Å². The lowest BCUT2D eigenvalue weighted by Gasteiger charge is -2.01. The fourth-order valence-electron chi connectivity index (χ4n) is 1.24. The average Bonchev–Trinajstić information content (AvgIpc) is 2.39. The molecule has 0 bridgehead atoms. The summed E-state index contributed by atoms with van der Waals surface area (Å²) in [6, 6.07) is 7.28. The van der Waals surface area contributed by atoms with Crippen molar-refractivity contribution in [3.63, 3.8) is 0 Å². The number of carboxylic acids is 1. The van der Waals surface area contributed by atoms with Crippen molar-refractivity contribution in [1.29, 1.82) is 0 Å². The summed E-state index contributed by atoms with van der Waals surface area (Å²) >= 11 is 0. The Labute approximate surface area is 80.9 Å². The molecule has 1 aliphatic heterocycles. The molecule has 0 saturated carbocycles. The van der Waals surface area contributed by atoms with Gasteiger partial charge in [0.2, 0.25) is 0 Å². The Morgan fingerprint density at radius 1 is 1.29 bits per heavy atom. The van der Waals surface area contributed by atoms with Crippen molar-refractivity contribution < 1.29 is 14.6 Å². The molecule has 1 aromatic rings. The molecule has 3 nitrogen and oxygen atoms in total. The van der Waals surface area contributed by atoms with Crippen LogP contribution >= 0.6 is 0 Å². The first kappa shape index (κ1) is 8.56. The summed E-state index contributed by atoms with van der Waals surface area (Å²) in [6.07, 6.45) is 4.40. The van der Waals surface area contributed by atoms with E-state index < -0.39 is 5.97 Å². The van der Waals surface area contributed by atoms with E-state index in [1.54, 1.807) is 12.1 Å². The van der Waals surface area contributed by atoms with Gasteiger partial charge in [0.25, 0.3) is 0 Å². The van der Waals surface area contributed by atoms with Gasteiger partial charge in [0.15, 0.2) is 0 Å². The fraction of sp³-hybridized carbons (Fsp3) is 0. The van der Waals surface area contributed by atoms with Crippen LogP contribution in [0.2, 0.25) is 0 Å². The van der Waals surface area contributed by atoms with E-state index in [1.807, 2.05) is 18.2 Å². The minimum Gasteiger partial charge on any atom is -0.478 e. The summed E-state index contributed by atoms with van der Waals surface area (Å²) in [7, 11) is 0. The molecule has 1 heterocycles. The van der Waals surface area contributed by atoms with Gasteiger partial charge in [0, 0.05) is 5.56 Å². The molecule has 1 aromatic carbocycles. The van der Waals surface area contributed by atoms with Crippen LogP contribution in [0.15, 0.2) is 42.2 Å². The monoisotopic (exact) mass is 188 g/mol. The lowest BCUT2D eigenvalue weighted by atomic mass is 10.1. The van der Waals surface area contributed by atoms with Gasteiger partial charge in [-0.15, -0.1) is 0 Å². The average molecular weight is 188 g/mol. The Kier molecular flexibility index (Phi) is 2.07. The van der Waals surface area contributed by atoms with Crippen molar-refractivity contribution in [3.05, 3.63) is 47.7 Å². The van der Waals surface area contributed by atoms with E-state index in [1.165, 1.54) is 12.3 Å². The molecule has 1 aliphatic rings. The first-order valence-electron chi connectivity index (χ1n) is 4.14. The zero-order valence-electron chi connectivity index (χ0n) is 7.31. The van der Waals surface area contributed by atoms with Gasteiger partial charge in [-0.3, -0.25) is 0 Å². The number of carbonyl (C=O) groups is 1. The molecule has 3 heteroatoms. The quantitative estimate of drug-likeness (QED) is 0.733. The number of hydrogen-bond donors (Lipinski definition) is 1. The number of aliphatic carboxylic acids is 1. The highest BCUT2D eigenvalue weighted by atomic mass is 16.5. The fourth-order valence-corrected chi connectivity index (χ4v) is 1.24. The third-order valence-corrected chi connectivity index (χ3v) is 1.92. The van der Waals surface area contributed by atoms with Crippen LogP contribution < -0.4 is 4.74 Å². The van der Waals surface area contributed by atoms with E-state index in [0.29, 0.717) is 5.75 Å². The lowest BCUT2D eigenvalue weighted by molar-refractivity contribution is -0.132. The SMILES string of the molecule is O=C(O)C1=Cc2ccccc2OC=C1. The van der Waals surface area contributed by atoms with Crippen LogP contribution in [0.4, 0.5) is 0 Å². The second-order valence-corrected chi connectivity index (χ2v) is 2.86. The second-order valence-electron chi connectivity index (χ2n) is 2.86. The number of ether oxygens (including phenoxy) is 1. The molecule has 0 aliphatic carbocycles. The van der Waals surface area contributed by atoms with Crippen molar-refractivity contribution in [1.82, 2.24) is 0 Å². The molecule has 0 fully saturated rings. The smallest absolute Gasteiger partial charge is 0.335 e. The second kappa shape index (κ2) is 3.38. The van der Waals surface area contributed by atoms with Crippen molar-refractivity contribution >= 4 is 12.0 Å². The van der Waals surface area contributed by atoms with Gasteiger partial charge < -0.3 is 9.84 Å². The number of para-hydroxylation sites is 1. The van der Waals surface area contributed by atoms with Crippen LogP contribution in [0, 0.1) is 0 Å². The number of carboxylic acid groups (broad SMARTS) is 1. The third kappa shape index (κ3) is 1.52.